The highest BCUT2D eigenvalue weighted by molar-refractivity contribution is 6.39. The number of esters is 1. The van der Waals surface area contributed by atoms with E-state index in [4.69, 9.17) is 33.0 Å². The Labute approximate surface area is 172 Å². The number of benzene rings is 2. The number of carbonyl (C=O) groups is 2. The van der Waals surface area contributed by atoms with E-state index < -0.39 is 18.9 Å². The molecule has 0 fully saturated rings. The molecule has 0 bridgehead atoms. The molecule has 0 amide bonds. The van der Waals surface area contributed by atoms with Crippen LogP contribution in [0.2, 0.25) is 10.0 Å². The van der Waals surface area contributed by atoms with Crippen LogP contribution in [-0.2, 0) is 25.4 Å². The molecule has 2 aromatic carbocycles. The van der Waals surface area contributed by atoms with Crippen molar-refractivity contribution in [1.29, 1.82) is 0 Å². The van der Waals surface area contributed by atoms with Gasteiger partial charge in [0.15, 0.2) is 0 Å². The van der Waals surface area contributed by atoms with E-state index in [1.807, 2.05) is 0 Å². The lowest BCUT2D eigenvalue weighted by Crippen LogP contribution is -2.16. The number of nitrogens with one attached hydrogen (secondary N) is 1. The van der Waals surface area contributed by atoms with E-state index in [0.717, 1.165) is 0 Å². The fourth-order valence-corrected chi connectivity index (χ4v) is 2.65. The largest absolute Gasteiger partial charge is 0.511 e. The van der Waals surface area contributed by atoms with Crippen molar-refractivity contribution in [2.75, 3.05) is 25.3 Å². The van der Waals surface area contributed by atoms with Gasteiger partial charge in [-0.3, -0.25) is 4.79 Å². The van der Waals surface area contributed by atoms with Crippen molar-refractivity contribution in [3.8, 4) is 0 Å². The minimum Gasteiger partial charge on any atom is -0.434 e. The van der Waals surface area contributed by atoms with Gasteiger partial charge < -0.3 is 24.6 Å². The van der Waals surface area contributed by atoms with Crippen LogP contribution < -0.4 is 5.32 Å². The van der Waals surface area contributed by atoms with Gasteiger partial charge in [-0.25, -0.2) is 4.79 Å². The Hall–Kier alpha value is -2.48. The van der Waals surface area contributed by atoms with E-state index in [1.165, 1.54) is 0 Å². The Kier molecular flexibility index (Phi) is 8.87. The normalized spacial score (nSPS) is 10.2. The van der Waals surface area contributed by atoms with E-state index in [-0.39, 0.29) is 19.6 Å². The maximum Gasteiger partial charge on any atom is 0.511 e. The molecule has 7 nitrogen and oxygen atoms in total. The SMILES string of the molecule is O=C(Cc1ccccc1Nc1c(Cl)cccc1Cl)OCOC(=O)OCCCO. The van der Waals surface area contributed by atoms with Crippen LogP contribution in [-0.4, -0.2) is 37.2 Å². The van der Waals surface area contributed by atoms with E-state index in [9.17, 15) is 9.59 Å². The van der Waals surface area contributed by atoms with Gasteiger partial charge in [0.2, 0.25) is 6.79 Å². The second-order valence-electron chi connectivity index (χ2n) is 5.51. The summed E-state index contributed by atoms with van der Waals surface area (Å²) >= 11 is 12.3. The maximum absolute atomic E-state index is 12.0. The number of aliphatic hydroxyl groups is 1. The summed E-state index contributed by atoms with van der Waals surface area (Å²) in [7, 11) is 0. The van der Waals surface area contributed by atoms with Gasteiger partial charge in [0, 0.05) is 18.7 Å². The zero-order chi connectivity index (χ0) is 20.4. The quantitative estimate of drug-likeness (QED) is 0.349. The number of para-hydroxylation sites is 2. The van der Waals surface area contributed by atoms with Crippen molar-refractivity contribution < 1.29 is 28.9 Å². The molecule has 0 radical (unpaired) electrons. The molecule has 0 aromatic heterocycles. The second-order valence-corrected chi connectivity index (χ2v) is 6.32. The summed E-state index contributed by atoms with van der Waals surface area (Å²) in [5, 5.41) is 12.6. The Balaban J connectivity index is 1.90. The molecule has 2 N–H and O–H groups in total. The van der Waals surface area contributed by atoms with E-state index in [1.54, 1.807) is 42.5 Å². The third-order valence-corrected chi connectivity index (χ3v) is 4.12. The standard InChI is InChI=1S/C19H19Cl2NO6/c20-14-6-3-7-15(21)18(14)22-16-8-2-1-5-13(16)11-17(24)27-12-28-19(25)26-10-4-9-23/h1-3,5-8,22-23H,4,9-12H2. The molecule has 0 aliphatic rings. The lowest BCUT2D eigenvalue weighted by molar-refractivity contribution is -0.152. The number of aliphatic hydroxyl groups excluding tert-OH is 1. The maximum atomic E-state index is 12.0. The summed E-state index contributed by atoms with van der Waals surface area (Å²) < 4.78 is 14.1. The number of ether oxygens (including phenoxy) is 3. The summed E-state index contributed by atoms with van der Waals surface area (Å²) in [6.07, 6.45) is -0.737. The molecular formula is C19H19Cl2NO6. The molecule has 0 aliphatic heterocycles. The average Bonchev–Trinajstić information content (AvgIpc) is 2.66. The van der Waals surface area contributed by atoms with Crippen LogP contribution in [0.25, 0.3) is 0 Å². The Bertz CT molecular complexity index is 795. The molecule has 0 spiro atoms. The predicted molar refractivity (Wildman–Crippen MR) is 105 cm³/mol. The Morgan fingerprint density at radius 3 is 2.39 bits per heavy atom. The lowest BCUT2D eigenvalue weighted by Gasteiger charge is -2.14. The van der Waals surface area contributed by atoms with Crippen molar-refractivity contribution in [2.24, 2.45) is 0 Å². The van der Waals surface area contributed by atoms with Crippen LogP contribution in [0.3, 0.4) is 0 Å². The van der Waals surface area contributed by atoms with Crippen molar-refractivity contribution in [3.63, 3.8) is 0 Å². The first-order valence-electron chi connectivity index (χ1n) is 8.36. The van der Waals surface area contributed by atoms with Gasteiger partial charge in [0.1, 0.15) is 0 Å². The monoisotopic (exact) mass is 427 g/mol. The molecule has 0 heterocycles. The first kappa shape index (κ1) is 21.8. The second kappa shape index (κ2) is 11.4. The van der Waals surface area contributed by atoms with Gasteiger partial charge in [-0.2, -0.15) is 0 Å². The number of anilines is 2. The van der Waals surface area contributed by atoms with Gasteiger partial charge in [-0.15, -0.1) is 0 Å². The highest BCUT2D eigenvalue weighted by atomic mass is 35.5. The number of hydrogen-bond donors (Lipinski definition) is 2. The molecule has 0 aliphatic carbocycles. The zero-order valence-electron chi connectivity index (χ0n) is 14.8. The summed E-state index contributed by atoms with van der Waals surface area (Å²) in [5.41, 5.74) is 1.81. The third kappa shape index (κ3) is 6.92. The van der Waals surface area contributed by atoms with Crippen LogP contribution >= 0.6 is 23.2 Å². The van der Waals surface area contributed by atoms with Gasteiger partial charge >= 0.3 is 12.1 Å². The van der Waals surface area contributed by atoms with Crippen LogP contribution in [0.5, 0.6) is 0 Å². The smallest absolute Gasteiger partial charge is 0.434 e. The molecule has 9 heteroatoms. The Morgan fingerprint density at radius 1 is 0.964 bits per heavy atom. The van der Waals surface area contributed by atoms with Crippen LogP contribution in [0.4, 0.5) is 16.2 Å². The highest BCUT2D eigenvalue weighted by Crippen LogP contribution is 2.33. The predicted octanol–water partition coefficient (Wildman–Crippen LogP) is 4.32. The van der Waals surface area contributed by atoms with Crippen LogP contribution in [0.15, 0.2) is 42.5 Å². The van der Waals surface area contributed by atoms with Crippen LogP contribution in [0, 0.1) is 0 Å². The van der Waals surface area contributed by atoms with E-state index in [0.29, 0.717) is 33.4 Å². The Morgan fingerprint density at radius 2 is 1.68 bits per heavy atom. The minimum absolute atomic E-state index is 0.0208. The van der Waals surface area contributed by atoms with Crippen molar-refractivity contribution in [3.05, 3.63) is 58.1 Å². The lowest BCUT2D eigenvalue weighted by atomic mass is 10.1. The molecule has 2 rings (SSSR count). The molecule has 2 aromatic rings. The van der Waals surface area contributed by atoms with Crippen molar-refractivity contribution >= 4 is 46.7 Å². The molecule has 0 saturated heterocycles. The highest BCUT2D eigenvalue weighted by Gasteiger charge is 2.13. The molecule has 0 saturated carbocycles. The fourth-order valence-electron chi connectivity index (χ4n) is 2.16. The molecule has 0 unspecified atom stereocenters. The van der Waals surface area contributed by atoms with Gasteiger partial charge in [0.05, 0.1) is 28.8 Å². The van der Waals surface area contributed by atoms with Crippen molar-refractivity contribution in [2.45, 2.75) is 12.8 Å². The average molecular weight is 428 g/mol. The zero-order valence-corrected chi connectivity index (χ0v) is 16.3. The molecule has 150 valence electrons. The first-order valence-corrected chi connectivity index (χ1v) is 9.12. The van der Waals surface area contributed by atoms with E-state index >= 15 is 0 Å². The third-order valence-electron chi connectivity index (χ3n) is 3.49. The van der Waals surface area contributed by atoms with Gasteiger partial charge in [-0.05, 0) is 23.8 Å². The molecule has 0 atom stereocenters. The summed E-state index contributed by atoms with van der Waals surface area (Å²) in [4.78, 5) is 23.3. The first-order chi connectivity index (χ1) is 13.5. The molecule has 28 heavy (non-hydrogen) atoms. The van der Waals surface area contributed by atoms with Crippen molar-refractivity contribution in [1.82, 2.24) is 0 Å². The number of rotatable bonds is 9. The number of hydrogen-bond acceptors (Lipinski definition) is 7. The van der Waals surface area contributed by atoms with E-state index in [2.05, 4.69) is 14.8 Å². The summed E-state index contributed by atoms with van der Waals surface area (Å²) in [6, 6.07) is 12.2. The summed E-state index contributed by atoms with van der Waals surface area (Å²) in [6.45, 7) is -0.648. The van der Waals surface area contributed by atoms with Gasteiger partial charge in [-0.1, -0.05) is 47.5 Å². The van der Waals surface area contributed by atoms with Crippen LogP contribution in [0.1, 0.15) is 12.0 Å². The molecular weight excluding hydrogens is 409 g/mol. The number of carbonyl (C=O) groups excluding carboxylic acids is 2. The summed E-state index contributed by atoms with van der Waals surface area (Å²) in [5.74, 6) is -0.595. The van der Waals surface area contributed by atoms with Gasteiger partial charge in [0.25, 0.3) is 0 Å². The number of halogens is 2. The minimum atomic E-state index is -0.975. The topological polar surface area (TPSA) is 94.1 Å². The fraction of sp³-hybridized carbons (Fsp3) is 0.263.